The van der Waals surface area contributed by atoms with Crippen molar-refractivity contribution < 1.29 is 9.53 Å². The van der Waals surface area contributed by atoms with Crippen molar-refractivity contribution in [3.05, 3.63) is 0 Å². The zero-order valence-corrected chi connectivity index (χ0v) is 10.8. The smallest absolute Gasteiger partial charge is 0.322 e. The van der Waals surface area contributed by atoms with E-state index >= 15 is 0 Å². The second-order valence-electron chi connectivity index (χ2n) is 4.27. The van der Waals surface area contributed by atoms with Gasteiger partial charge in [-0.15, -0.1) is 0 Å². The molecule has 0 aromatic carbocycles. The van der Waals surface area contributed by atoms with Crippen molar-refractivity contribution in [3.63, 3.8) is 0 Å². The Morgan fingerprint density at radius 3 is 2.19 bits per heavy atom. The Hall–Kier alpha value is -0.570. The van der Waals surface area contributed by atoms with Crippen LogP contribution in [-0.4, -0.2) is 18.6 Å². The topological polar surface area (TPSA) is 52.3 Å². The summed E-state index contributed by atoms with van der Waals surface area (Å²) in [5, 5.41) is 0. The highest BCUT2D eigenvalue weighted by molar-refractivity contribution is 5.75. The third-order valence-corrected chi connectivity index (χ3v) is 2.71. The third-order valence-electron chi connectivity index (χ3n) is 2.71. The van der Waals surface area contributed by atoms with Crippen LogP contribution in [0.25, 0.3) is 0 Å². The first-order valence-corrected chi connectivity index (χ1v) is 6.64. The van der Waals surface area contributed by atoms with Crippen molar-refractivity contribution in [1.82, 2.24) is 0 Å². The van der Waals surface area contributed by atoms with Crippen molar-refractivity contribution in [2.75, 3.05) is 6.61 Å². The predicted molar refractivity (Wildman–Crippen MR) is 67.2 cm³/mol. The zero-order valence-electron chi connectivity index (χ0n) is 10.8. The number of ether oxygens (including phenoxy) is 1. The first-order valence-electron chi connectivity index (χ1n) is 6.64. The number of carbonyl (C=O) groups is 1. The molecule has 0 rings (SSSR count). The molecule has 0 radical (unpaired) electrons. The van der Waals surface area contributed by atoms with E-state index in [1.807, 2.05) is 0 Å². The lowest BCUT2D eigenvalue weighted by Gasteiger charge is -2.09. The Morgan fingerprint density at radius 2 is 1.62 bits per heavy atom. The molecule has 0 spiro atoms. The van der Waals surface area contributed by atoms with Gasteiger partial charge in [0, 0.05) is 0 Å². The van der Waals surface area contributed by atoms with Gasteiger partial charge in [-0.2, -0.15) is 0 Å². The van der Waals surface area contributed by atoms with E-state index in [1.54, 1.807) is 6.92 Å². The van der Waals surface area contributed by atoms with Gasteiger partial charge in [0.1, 0.15) is 6.04 Å². The maximum Gasteiger partial charge on any atom is 0.322 e. The van der Waals surface area contributed by atoms with Crippen molar-refractivity contribution in [2.24, 2.45) is 5.73 Å². The van der Waals surface area contributed by atoms with Gasteiger partial charge in [0.25, 0.3) is 0 Å². The van der Waals surface area contributed by atoms with E-state index in [-0.39, 0.29) is 5.97 Å². The minimum Gasteiger partial charge on any atom is -0.465 e. The normalized spacial score (nSPS) is 12.4. The van der Waals surface area contributed by atoms with Crippen LogP contribution in [0.4, 0.5) is 0 Å². The molecule has 1 atom stereocenters. The van der Waals surface area contributed by atoms with E-state index in [2.05, 4.69) is 6.92 Å². The van der Waals surface area contributed by atoms with Gasteiger partial charge in [-0.3, -0.25) is 4.79 Å². The summed E-state index contributed by atoms with van der Waals surface area (Å²) in [5.41, 5.74) is 5.69. The number of carbonyl (C=O) groups excluding carboxylic acids is 1. The molecule has 0 fully saturated rings. The summed E-state index contributed by atoms with van der Waals surface area (Å²) in [6.07, 6.45) is 9.49. The molecular weight excluding hydrogens is 202 g/mol. The molecule has 0 aliphatic rings. The molecule has 0 aromatic heterocycles. The number of rotatable bonds is 10. The number of unbranched alkanes of at least 4 members (excludes halogenated alkanes) is 6. The second kappa shape index (κ2) is 10.9. The summed E-state index contributed by atoms with van der Waals surface area (Å²) < 4.78 is 4.85. The van der Waals surface area contributed by atoms with Crippen molar-refractivity contribution >= 4 is 5.97 Å². The Morgan fingerprint density at radius 1 is 1.06 bits per heavy atom. The van der Waals surface area contributed by atoms with Crippen LogP contribution in [0, 0.1) is 0 Å². The molecular formula is C13H27NO2. The number of hydrogen-bond acceptors (Lipinski definition) is 3. The van der Waals surface area contributed by atoms with Gasteiger partial charge in [0.05, 0.1) is 6.61 Å². The molecule has 0 saturated heterocycles. The fraction of sp³-hybridized carbons (Fsp3) is 0.923. The van der Waals surface area contributed by atoms with Gasteiger partial charge < -0.3 is 10.5 Å². The molecule has 0 heterocycles. The Bertz CT molecular complexity index is 171. The molecule has 0 bridgehead atoms. The van der Waals surface area contributed by atoms with Crippen LogP contribution >= 0.6 is 0 Å². The summed E-state index contributed by atoms with van der Waals surface area (Å²) in [6.45, 7) is 4.44. The molecule has 16 heavy (non-hydrogen) atoms. The molecule has 3 heteroatoms. The van der Waals surface area contributed by atoms with E-state index in [1.165, 1.54) is 38.5 Å². The molecule has 0 aliphatic carbocycles. The average Bonchev–Trinajstić information content (AvgIpc) is 2.28. The fourth-order valence-electron chi connectivity index (χ4n) is 1.69. The fourth-order valence-corrected chi connectivity index (χ4v) is 1.69. The number of nitrogens with two attached hydrogens (primary N) is 1. The van der Waals surface area contributed by atoms with Crippen LogP contribution in [0.15, 0.2) is 0 Å². The van der Waals surface area contributed by atoms with Crippen molar-refractivity contribution in [1.29, 1.82) is 0 Å². The summed E-state index contributed by atoms with van der Waals surface area (Å²) in [5.74, 6) is -0.256. The molecule has 96 valence electrons. The average molecular weight is 229 g/mol. The molecule has 2 N–H and O–H groups in total. The third kappa shape index (κ3) is 8.72. The standard InChI is InChI=1S/C13H27NO2/c1-3-5-6-7-8-9-10-11-12(14)13(15)16-4-2/h12H,3-11,14H2,1-2H3. The van der Waals surface area contributed by atoms with E-state index in [0.717, 1.165) is 12.8 Å². The molecule has 0 aliphatic heterocycles. The van der Waals surface area contributed by atoms with E-state index in [4.69, 9.17) is 10.5 Å². The van der Waals surface area contributed by atoms with Gasteiger partial charge in [-0.25, -0.2) is 0 Å². The van der Waals surface area contributed by atoms with Crippen molar-refractivity contribution in [3.8, 4) is 0 Å². The van der Waals surface area contributed by atoms with E-state index in [9.17, 15) is 4.79 Å². The maximum atomic E-state index is 11.2. The minimum atomic E-state index is -0.421. The van der Waals surface area contributed by atoms with Gasteiger partial charge in [0.15, 0.2) is 0 Å². The van der Waals surface area contributed by atoms with Crippen LogP contribution in [0.3, 0.4) is 0 Å². The Kier molecular flexibility index (Phi) is 10.5. The summed E-state index contributed by atoms with van der Waals surface area (Å²) in [4.78, 5) is 11.2. The van der Waals surface area contributed by atoms with E-state index < -0.39 is 6.04 Å². The first kappa shape index (κ1) is 15.4. The second-order valence-corrected chi connectivity index (χ2v) is 4.27. The highest BCUT2D eigenvalue weighted by Crippen LogP contribution is 2.09. The van der Waals surface area contributed by atoms with E-state index in [0.29, 0.717) is 6.61 Å². The first-order chi connectivity index (χ1) is 7.72. The lowest BCUT2D eigenvalue weighted by molar-refractivity contribution is -0.144. The lowest BCUT2D eigenvalue weighted by atomic mass is 10.1. The molecule has 1 unspecified atom stereocenters. The van der Waals surface area contributed by atoms with Crippen LogP contribution in [0.2, 0.25) is 0 Å². The van der Waals surface area contributed by atoms with Crippen LogP contribution in [0.5, 0.6) is 0 Å². The predicted octanol–water partition coefficient (Wildman–Crippen LogP) is 3.02. The lowest BCUT2D eigenvalue weighted by Crippen LogP contribution is -2.32. The number of esters is 1. The quantitative estimate of drug-likeness (QED) is 0.463. The monoisotopic (exact) mass is 229 g/mol. The largest absolute Gasteiger partial charge is 0.465 e. The van der Waals surface area contributed by atoms with Gasteiger partial charge >= 0.3 is 5.97 Å². The molecule has 0 amide bonds. The van der Waals surface area contributed by atoms with Gasteiger partial charge in [-0.05, 0) is 13.3 Å². The van der Waals surface area contributed by atoms with Crippen LogP contribution in [0.1, 0.15) is 65.2 Å². The highest BCUT2D eigenvalue weighted by Gasteiger charge is 2.13. The van der Waals surface area contributed by atoms with Crippen LogP contribution < -0.4 is 5.73 Å². The Balaban J connectivity index is 3.27. The van der Waals surface area contributed by atoms with Gasteiger partial charge in [0.2, 0.25) is 0 Å². The van der Waals surface area contributed by atoms with Crippen LogP contribution in [-0.2, 0) is 9.53 Å². The summed E-state index contributed by atoms with van der Waals surface area (Å²) in [7, 11) is 0. The molecule has 3 nitrogen and oxygen atoms in total. The zero-order chi connectivity index (χ0) is 12.2. The summed E-state index contributed by atoms with van der Waals surface area (Å²) in [6, 6.07) is -0.421. The maximum absolute atomic E-state index is 11.2. The van der Waals surface area contributed by atoms with Gasteiger partial charge in [-0.1, -0.05) is 51.9 Å². The SMILES string of the molecule is CCCCCCCCCC(N)C(=O)OCC. The highest BCUT2D eigenvalue weighted by atomic mass is 16.5. The minimum absolute atomic E-state index is 0.256. The molecule has 0 saturated carbocycles. The summed E-state index contributed by atoms with van der Waals surface area (Å²) >= 11 is 0. The number of hydrogen-bond donors (Lipinski definition) is 1. The van der Waals surface area contributed by atoms with Crippen molar-refractivity contribution in [2.45, 2.75) is 71.3 Å². The Labute approximate surface area is 99.7 Å². The molecule has 0 aromatic rings.